The molecule has 1 aromatic rings. The van der Waals surface area contributed by atoms with Crippen LogP contribution in [-0.4, -0.2) is 39.0 Å². The Hall–Kier alpha value is -1.89. The van der Waals surface area contributed by atoms with E-state index in [0.29, 0.717) is 13.0 Å². The SMILES string of the molecule is CC1(C)C[C@@H](O)C[C@](C)(CN=Cc2c(O)[nH]c(=O)[nH]c2=O)C1. The number of aliphatic hydroxyl groups excluding tert-OH is 1. The Kier molecular flexibility index (Phi) is 4.28. The van der Waals surface area contributed by atoms with Crippen molar-refractivity contribution in [2.75, 3.05) is 6.54 Å². The van der Waals surface area contributed by atoms with E-state index in [4.69, 9.17) is 0 Å². The largest absolute Gasteiger partial charge is 0.494 e. The molecule has 0 aromatic carbocycles. The lowest BCUT2D eigenvalue weighted by molar-refractivity contribution is -0.00472. The molecule has 0 unspecified atom stereocenters. The first-order valence-electron chi connectivity index (χ1n) is 7.34. The summed E-state index contributed by atoms with van der Waals surface area (Å²) >= 11 is 0. The normalized spacial score (nSPS) is 28.1. The molecule has 122 valence electrons. The fraction of sp³-hybridized carbons (Fsp3) is 0.667. The van der Waals surface area contributed by atoms with Crippen molar-refractivity contribution >= 4 is 6.21 Å². The van der Waals surface area contributed by atoms with Crippen molar-refractivity contribution in [3.05, 3.63) is 26.4 Å². The lowest BCUT2D eigenvalue weighted by Crippen LogP contribution is -2.40. The minimum Gasteiger partial charge on any atom is -0.494 e. The second-order valence-electron chi connectivity index (χ2n) is 7.35. The van der Waals surface area contributed by atoms with E-state index in [2.05, 4.69) is 30.7 Å². The third-order valence-electron chi connectivity index (χ3n) is 4.07. The fourth-order valence-corrected chi connectivity index (χ4v) is 3.66. The quantitative estimate of drug-likeness (QED) is 0.616. The van der Waals surface area contributed by atoms with Crippen molar-refractivity contribution in [3.63, 3.8) is 0 Å². The number of nitrogens with one attached hydrogen (secondary N) is 2. The van der Waals surface area contributed by atoms with E-state index >= 15 is 0 Å². The van der Waals surface area contributed by atoms with Crippen molar-refractivity contribution in [2.24, 2.45) is 15.8 Å². The highest BCUT2D eigenvalue weighted by atomic mass is 16.3. The van der Waals surface area contributed by atoms with Gasteiger partial charge in [-0.05, 0) is 30.1 Å². The van der Waals surface area contributed by atoms with Gasteiger partial charge in [0.05, 0.1) is 6.10 Å². The maximum absolute atomic E-state index is 11.6. The first-order chi connectivity index (χ1) is 10.1. The standard InChI is InChI=1S/C15H23N3O4/c1-14(2)4-9(19)5-15(3,7-14)8-16-6-10-11(20)17-13(22)18-12(10)21/h6,9,19H,4-5,7-8H2,1-3H3,(H3,17,18,20,21,22)/t9-,15+/m1/s1. The van der Waals surface area contributed by atoms with Gasteiger partial charge in [0.2, 0.25) is 5.88 Å². The molecule has 1 aliphatic rings. The maximum Gasteiger partial charge on any atom is 0.328 e. The molecule has 7 heteroatoms. The monoisotopic (exact) mass is 309 g/mol. The van der Waals surface area contributed by atoms with Crippen LogP contribution >= 0.6 is 0 Å². The Balaban J connectivity index is 2.15. The molecule has 0 aliphatic heterocycles. The number of H-pyrrole nitrogens is 2. The van der Waals surface area contributed by atoms with Gasteiger partial charge in [0.1, 0.15) is 5.56 Å². The third kappa shape index (κ3) is 3.85. The maximum atomic E-state index is 11.6. The van der Waals surface area contributed by atoms with Gasteiger partial charge in [0.15, 0.2) is 0 Å². The molecule has 22 heavy (non-hydrogen) atoms. The van der Waals surface area contributed by atoms with E-state index in [0.717, 1.165) is 12.8 Å². The topological polar surface area (TPSA) is 119 Å². The molecule has 1 saturated carbocycles. The van der Waals surface area contributed by atoms with Crippen LogP contribution in [-0.2, 0) is 0 Å². The summed E-state index contributed by atoms with van der Waals surface area (Å²) in [5.74, 6) is -0.494. The van der Waals surface area contributed by atoms with Gasteiger partial charge in [0.25, 0.3) is 5.56 Å². The molecule has 0 radical (unpaired) electrons. The van der Waals surface area contributed by atoms with Crippen molar-refractivity contribution in [3.8, 4) is 5.88 Å². The summed E-state index contributed by atoms with van der Waals surface area (Å²) in [5.41, 5.74) is -1.64. The van der Waals surface area contributed by atoms with Crippen LogP contribution in [0.15, 0.2) is 14.6 Å². The summed E-state index contributed by atoms with van der Waals surface area (Å²) in [6.45, 7) is 6.74. The molecule has 0 amide bonds. The molecule has 0 saturated heterocycles. The molecular formula is C15H23N3O4. The zero-order valence-corrected chi connectivity index (χ0v) is 13.1. The first kappa shape index (κ1) is 16.5. The minimum absolute atomic E-state index is 0.0412. The number of hydrogen-bond acceptors (Lipinski definition) is 5. The highest BCUT2D eigenvalue weighted by molar-refractivity contribution is 5.81. The molecule has 1 aromatic heterocycles. The molecule has 2 rings (SSSR count). The predicted molar refractivity (Wildman–Crippen MR) is 83.6 cm³/mol. The van der Waals surface area contributed by atoms with E-state index in [1.807, 2.05) is 4.98 Å². The predicted octanol–water partition coefficient (Wildman–Crippen LogP) is 0.765. The Morgan fingerprint density at radius 1 is 1.27 bits per heavy atom. The van der Waals surface area contributed by atoms with Crippen LogP contribution < -0.4 is 11.2 Å². The van der Waals surface area contributed by atoms with Crippen LogP contribution in [0.25, 0.3) is 0 Å². The Labute approximate surface area is 128 Å². The van der Waals surface area contributed by atoms with E-state index in [1.54, 1.807) is 0 Å². The summed E-state index contributed by atoms with van der Waals surface area (Å²) in [7, 11) is 0. The van der Waals surface area contributed by atoms with E-state index in [-0.39, 0.29) is 22.5 Å². The van der Waals surface area contributed by atoms with E-state index in [9.17, 15) is 19.8 Å². The van der Waals surface area contributed by atoms with Gasteiger partial charge >= 0.3 is 5.69 Å². The summed E-state index contributed by atoms with van der Waals surface area (Å²) in [6, 6.07) is 0. The average molecular weight is 309 g/mol. The van der Waals surface area contributed by atoms with E-state index in [1.165, 1.54) is 6.21 Å². The second-order valence-corrected chi connectivity index (χ2v) is 7.35. The number of aliphatic imine (C=N–C) groups is 1. The van der Waals surface area contributed by atoms with Crippen molar-refractivity contribution < 1.29 is 10.2 Å². The Bertz CT molecular complexity index is 689. The number of nitrogens with zero attached hydrogens (tertiary/aromatic N) is 1. The van der Waals surface area contributed by atoms with Gasteiger partial charge in [-0.15, -0.1) is 0 Å². The van der Waals surface area contributed by atoms with Crippen LogP contribution in [0.1, 0.15) is 45.6 Å². The van der Waals surface area contributed by atoms with Crippen LogP contribution in [0.5, 0.6) is 5.88 Å². The number of aromatic amines is 2. The summed E-state index contributed by atoms with van der Waals surface area (Å²) in [6.07, 6.45) is 3.26. The van der Waals surface area contributed by atoms with Crippen LogP contribution in [0, 0.1) is 10.8 Å². The van der Waals surface area contributed by atoms with Crippen molar-refractivity contribution in [1.82, 2.24) is 9.97 Å². The van der Waals surface area contributed by atoms with Crippen LogP contribution in [0.2, 0.25) is 0 Å². The number of rotatable bonds is 3. The molecule has 1 fully saturated rings. The number of aromatic hydroxyl groups is 1. The van der Waals surface area contributed by atoms with Gasteiger partial charge in [-0.25, -0.2) is 4.79 Å². The zero-order valence-electron chi connectivity index (χ0n) is 13.1. The summed E-state index contributed by atoms with van der Waals surface area (Å²) in [5, 5.41) is 19.6. The van der Waals surface area contributed by atoms with Gasteiger partial charge in [-0.3, -0.25) is 19.8 Å². The molecule has 1 heterocycles. The van der Waals surface area contributed by atoms with Crippen LogP contribution in [0.4, 0.5) is 0 Å². The molecule has 1 aliphatic carbocycles. The highest BCUT2D eigenvalue weighted by Gasteiger charge is 2.40. The second kappa shape index (κ2) is 5.72. The van der Waals surface area contributed by atoms with E-state index < -0.39 is 17.1 Å². The number of hydrogen-bond donors (Lipinski definition) is 4. The molecule has 0 spiro atoms. The minimum atomic E-state index is -0.760. The fourth-order valence-electron chi connectivity index (χ4n) is 3.66. The third-order valence-corrected chi connectivity index (χ3v) is 4.07. The molecule has 0 bridgehead atoms. The number of aromatic nitrogens is 2. The number of aliphatic hydroxyl groups is 1. The van der Waals surface area contributed by atoms with Crippen LogP contribution in [0.3, 0.4) is 0 Å². The van der Waals surface area contributed by atoms with Gasteiger partial charge in [-0.1, -0.05) is 20.8 Å². The molecule has 2 atom stereocenters. The van der Waals surface area contributed by atoms with Crippen molar-refractivity contribution in [2.45, 2.75) is 46.1 Å². The Morgan fingerprint density at radius 3 is 2.55 bits per heavy atom. The lowest BCUT2D eigenvalue weighted by Gasteiger charge is -2.44. The first-order valence-corrected chi connectivity index (χ1v) is 7.34. The molecule has 7 nitrogen and oxygen atoms in total. The highest BCUT2D eigenvalue weighted by Crippen LogP contribution is 2.46. The zero-order chi connectivity index (χ0) is 16.5. The van der Waals surface area contributed by atoms with Crippen molar-refractivity contribution in [1.29, 1.82) is 0 Å². The molecule has 4 N–H and O–H groups in total. The molecular weight excluding hydrogens is 286 g/mol. The summed E-state index contributed by atoms with van der Waals surface area (Å²) in [4.78, 5) is 31.0. The average Bonchev–Trinajstić information content (AvgIpc) is 2.28. The lowest BCUT2D eigenvalue weighted by atomic mass is 9.63. The Morgan fingerprint density at radius 2 is 1.95 bits per heavy atom. The smallest absolute Gasteiger partial charge is 0.328 e. The van der Waals surface area contributed by atoms with Gasteiger partial charge < -0.3 is 10.2 Å². The summed E-state index contributed by atoms with van der Waals surface area (Å²) < 4.78 is 0. The van der Waals surface area contributed by atoms with Gasteiger partial charge in [-0.2, -0.15) is 0 Å². The van der Waals surface area contributed by atoms with Gasteiger partial charge in [0, 0.05) is 12.8 Å².